The third-order valence-corrected chi connectivity index (χ3v) is 6.63. The molecule has 3 aromatic rings. The molecular formula is C23H23FN2O3S. The predicted molar refractivity (Wildman–Crippen MR) is 116 cm³/mol. The Morgan fingerprint density at radius 3 is 2.20 bits per heavy atom. The van der Waals surface area contributed by atoms with Crippen molar-refractivity contribution in [3.05, 3.63) is 94.8 Å². The van der Waals surface area contributed by atoms with Gasteiger partial charge in [0.25, 0.3) is 15.9 Å². The second-order valence-electron chi connectivity index (χ2n) is 7.10. The van der Waals surface area contributed by atoms with E-state index in [2.05, 4.69) is 5.32 Å². The van der Waals surface area contributed by atoms with Crippen molar-refractivity contribution in [3.8, 4) is 0 Å². The fraction of sp³-hybridized carbons (Fsp3) is 0.174. The van der Waals surface area contributed by atoms with Crippen LogP contribution in [0.1, 0.15) is 27.0 Å². The molecule has 0 saturated carbocycles. The Balaban J connectivity index is 1.76. The number of rotatable bonds is 6. The smallest absolute Gasteiger partial charge is 0.264 e. The van der Waals surface area contributed by atoms with Crippen molar-refractivity contribution in [1.29, 1.82) is 0 Å². The van der Waals surface area contributed by atoms with Crippen molar-refractivity contribution in [1.82, 2.24) is 5.32 Å². The summed E-state index contributed by atoms with van der Waals surface area (Å²) < 4.78 is 40.0. The van der Waals surface area contributed by atoms with Crippen LogP contribution < -0.4 is 9.62 Å². The molecule has 7 heteroatoms. The van der Waals surface area contributed by atoms with Gasteiger partial charge in [-0.25, -0.2) is 12.8 Å². The van der Waals surface area contributed by atoms with Crippen molar-refractivity contribution in [2.24, 2.45) is 0 Å². The molecule has 0 aliphatic heterocycles. The Morgan fingerprint density at radius 2 is 1.60 bits per heavy atom. The van der Waals surface area contributed by atoms with Crippen molar-refractivity contribution in [2.45, 2.75) is 25.3 Å². The lowest BCUT2D eigenvalue weighted by atomic mass is 10.1. The minimum atomic E-state index is -3.71. The summed E-state index contributed by atoms with van der Waals surface area (Å²) in [5, 5.41) is 2.78. The summed E-state index contributed by atoms with van der Waals surface area (Å²) in [6.45, 7) is 3.92. The molecule has 3 aromatic carbocycles. The number of benzene rings is 3. The van der Waals surface area contributed by atoms with Crippen LogP contribution in [0.25, 0.3) is 0 Å². The van der Waals surface area contributed by atoms with Crippen LogP contribution in [-0.2, 0) is 16.6 Å². The van der Waals surface area contributed by atoms with Gasteiger partial charge in [0.1, 0.15) is 5.82 Å². The maximum Gasteiger partial charge on any atom is 0.264 e. The predicted octanol–water partition coefficient (Wildman–Crippen LogP) is 4.20. The lowest BCUT2D eigenvalue weighted by molar-refractivity contribution is 0.0951. The zero-order valence-electron chi connectivity index (χ0n) is 17.0. The highest BCUT2D eigenvalue weighted by atomic mass is 32.2. The van der Waals surface area contributed by atoms with E-state index in [4.69, 9.17) is 0 Å². The Morgan fingerprint density at radius 1 is 0.967 bits per heavy atom. The molecule has 0 aliphatic carbocycles. The molecule has 0 bridgehead atoms. The number of nitrogens with one attached hydrogen (secondary N) is 1. The van der Waals surface area contributed by atoms with Gasteiger partial charge in [0, 0.05) is 19.2 Å². The molecule has 1 N–H and O–H groups in total. The summed E-state index contributed by atoms with van der Waals surface area (Å²) in [5.74, 6) is -0.626. The molecule has 0 aromatic heterocycles. The molecular weight excluding hydrogens is 403 g/mol. The number of amides is 1. The molecule has 0 spiro atoms. The van der Waals surface area contributed by atoms with Crippen LogP contribution in [-0.4, -0.2) is 21.4 Å². The van der Waals surface area contributed by atoms with Crippen molar-refractivity contribution >= 4 is 21.6 Å². The zero-order chi connectivity index (χ0) is 21.9. The molecule has 156 valence electrons. The van der Waals surface area contributed by atoms with E-state index in [0.717, 1.165) is 11.1 Å². The van der Waals surface area contributed by atoms with Gasteiger partial charge in [0.05, 0.1) is 10.6 Å². The first kappa shape index (κ1) is 21.5. The monoisotopic (exact) mass is 426 g/mol. The van der Waals surface area contributed by atoms with Crippen LogP contribution in [0.5, 0.6) is 0 Å². The minimum Gasteiger partial charge on any atom is -0.348 e. The number of carbonyl (C=O) groups is 1. The Kier molecular flexibility index (Phi) is 6.22. The molecule has 0 atom stereocenters. The van der Waals surface area contributed by atoms with Gasteiger partial charge in [-0.1, -0.05) is 29.8 Å². The van der Waals surface area contributed by atoms with E-state index in [1.165, 1.54) is 23.5 Å². The minimum absolute atomic E-state index is 0.205. The number of carbonyl (C=O) groups excluding carboxylic acids is 1. The van der Waals surface area contributed by atoms with E-state index in [-0.39, 0.29) is 23.2 Å². The summed E-state index contributed by atoms with van der Waals surface area (Å²) in [6, 6.07) is 17.4. The topological polar surface area (TPSA) is 66.5 Å². The summed E-state index contributed by atoms with van der Waals surface area (Å²) in [6.07, 6.45) is 0. The van der Waals surface area contributed by atoms with E-state index in [0.29, 0.717) is 16.8 Å². The molecule has 0 fully saturated rings. The average Bonchev–Trinajstić information content (AvgIpc) is 2.73. The van der Waals surface area contributed by atoms with Gasteiger partial charge in [-0.15, -0.1) is 0 Å². The zero-order valence-corrected chi connectivity index (χ0v) is 17.8. The van der Waals surface area contributed by atoms with E-state index in [1.54, 1.807) is 61.5 Å². The normalized spacial score (nSPS) is 11.2. The molecule has 5 nitrogen and oxygen atoms in total. The number of hydrogen-bond acceptors (Lipinski definition) is 3. The first-order valence-corrected chi connectivity index (χ1v) is 10.8. The molecule has 0 aliphatic rings. The Bertz CT molecular complexity index is 1160. The summed E-state index contributed by atoms with van der Waals surface area (Å²) >= 11 is 0. The molecule has 0 radical (unpaired) electrons. The van der Waals surface area contributed by atoms with Gasteiger partial charge in [-0.05, 0) is 67.4 Å². The van der Waals surface area contributed by atoms with E-state index >= 15 is 0 Å². The van der Waals surface area contributed by atoms with Crippen LogP contribution in [0.3, 0.4) is 0 Å². The Labute approximate surface area is 176 Å². The maximum atomic E-state index is 13.0. The second kappa shape index (κ2) is 8.67. The number of hydrogen-bond donors (Lipinski definition) is 1. The lowest BCUT2D eigenvalue weighted by Crippen LogP contribution is -2.27. The molecule has 0 heterocycles. The highest BCUT2D eigenvalue weighted by molar-refractivity contribution is 7.92. The number of anilines is 1. The van der Waals surface area contributed by atoms with Gasteiger partial charge in [0.2, 0.25) is 0 Å². The van der Waals surface area contributed by atoms with Crippen molar-refractivity contribution < 1.29 is 17.6 Å². The summed E-state index contributed by atoms with van der Waals surface area (Å²) in [5.41, 5.74) is 3.32. The van der Waals surface area contributed by atoms with Crippen LogP contribution >= 0.6 is 0 Å². The third kappa shape index (κ3) is 4.68. The first-order chi connectivity index (χ1) is 14.2. The fourth-order valence-electron chi connectivity index (χ4n) is 3.03. The van der Waals surface area contributed by atoms with Gasteiger partial charge in [0.15, 0.2) is 0 Å². The number of halogens is 1. The van der Waals surface area contributed by atoms with Crippen molar-refractivity contribution in [2.75, 3.05) is 11.4 Å². The van der Waals surface area contributed by atoms with Crippen LogP contribution in [0.2, 0.25) is 0 Å². The molecule has 0 saturated heterocycles. The standard InChI is InChI=1S/C23H23FN2O3S/c1-16-4-11-21(12-5-16)30(28,29)26(3)22-13-8-19(14-17(22)2)23(27)25-15-18-6-9-20(24)10-7-18/h4-14H,15H2,1-3H3,(H,25,27). The summed E-state index contributed by atoms with van der Waals surface area (Å²) in [7, 11) is -2.22. The van der Waals surface area contributed by atoms with E-state index in [1.807, 2.05) is 6.92 Å². The average molecular weight is 427 g/mol. The largest absolute Gasteiger partial charge is 0.348 e. The molecule has 3 rings (SSSR count). The SMILES string of the molecule is Cc1ccc(S(=O)(=O)N(C)c2ccc(C(=O)NCc3ccc(F)cc3)cc2C)cc1. The van der Waals surface area contributed by atoms with Gasteiger partial charge >= 0.3 is 0 Å². The molecule has 1 amide bonds. The third-order valence-electron chi connectivity index (χ3n) is 4.84. The van der Waals surface area contributed by atoms with Crippen molar-refractivity contribution in [3.63, 3.8) is 0 Å². The van der Waals surface area contributed by atoms with Gasteiger partial charge in [-0.2, -0.15) is 0 Å². The number of sulfonamides is 1. The first-order valence-electron chi connectivity index (χ1n) is 9.37. The Hall–Kier alpha value is -3.19. The van der Waals surface area contributed by atoms with E-state index in [9.17, 15) is 17.6 Å². The molecule has 0 unspecified atom stereocenters. The van der Waals surface area contributed by atoms with Crippen LogP contribution in [0.15, 0.2) is 71.6 Å². The van der Waals surface area contributed by atoms with Crippen LogP contribution in [0, 0.1) is 19.7 Å². The van der Waals surface area contributed by atoms with Gasteiger partial charge in [-0.3, -0.25) is 9.10 Å². The quantitative estimate of drug-likeness (QED) is 0.643. The van der Waals surface area contributed by atoms with Gasteiger partial charge < -0.3 is 5.32 Å². The summed E-state index contributed by atoms with van der Waals surface area (Å²) in [4.78, 5) is 12.7. The fourth-order valence-corrected chi connectivity index (χ4v) is 4.29. The maximum absolute atomic E-state index is 13.0. The molecule has 30 heavy (non-hydrogen) atoms. The van der Waals surface area contributed by atoms with Crippen LogP contribution in [0.4, 0.5) is 10.1 Å². The highest BCUT2D eigenvalue weighted by Gasteiger charge is 2.23. The lowest BCUT2D eigenvalue weighted by Gasteiger charge is -2.22. The van der Waals surface area contributed by atoms with E-state index < -0.39 is 10.0 Å². The number of nitrogens with zero attached hydrogens (tertiary/aromatic N) is 1. The number of aryl methyl sites for hydroxylation is 2. The second-order valence-corrected chi connectivity index (χ2v) is 9.07. The highest BCUT2D eigenvalue weighted by Crippen LogP contribution is 2.26.